The molecule has 4 rings (SSSR count). The number of hydrogen-bond acceptors (Lipinski definition) is 6. The second kappa shape index (κ2) is 7.37. The Morgan fingerprint density at radius 1 is 1.40 bits per heavy atom. The number of benzene rings is 1. The molecule has 2 aromatic rings. The van der Waals surface area contributed by atoms with Gasteiger partial charge in [0, 0.05) is 61.7 Å². The molecule has 0 bridgehead atoms. The number of fused-ring (bicyclic) bond motifs is 2. The van der Waals surface area contributed by atoms with Gasteiger partial charge in [0.05, 0.1) is 22.8 Å². The molecule has 9 heteroatoms. The van der Waals surface area contributed by atoms with Crippen LogP contribution in [0.2, 0.25) is 5.02 Å². The van der Waals surface area contributed by atoms with Crippen LogP contribution in [-0.2, 0) is 10.2 Å². The van der Waals surface area contributed by atoms with Crippen LogP contribution >= 0.6 is 11.6 Å². The van der Waals surface area contributed by atoms with Crippen LogP contribution in [0.3, 0.4) is 0 Å². The maximum atomic E-state index is 15.4. The number of nitrogens with zero attached hydrogens (tertiary/aromatic N) is 2. The lowest BCUT2D eigenvalue weighted by atomic mass is 9.80. The minimum atomic E-state index is -0.737. The summed E-state index contributed by atoms with van der Waals surface area (Å²) in [6.45, 7) is 0.560. The van der Waals surface area contributed by atoms with Crippen LogP contribution in [0.5, 0.6) is 0 Å². The summed E-state index contributed by atoms with van der Waals surface area (Å²) < 4.78 is 20.8. The van der Waals surface area contributed by atoms with Crippen LogP contribution in [0.15, 0.2) is 18.3 Å². The highest BCUT2D eigenvalue weighted by molar-refractivity contribution is 6.34. The van der Waals surface area contributed by atoms with E-state index in [0.717, 1.165) is 5.56 Å². The van der Waals surface area contributed by atoms with Crippen molar-refractivity contribution in [2.24, 2.45) is 0 Å². The zero-order chi connectivity index (χ0) is 21.8. The fourth-order valence-electron chi connectivity index (χ4n) is 4.60. The Bertz CT molecular complexity index is 1030. The number of pyridine rings is 1. The first kappa shape index (κ1) is 20.8. The summed E-state index contributed by atoms with van der Waals surface area (Å²) in [6, 6.07) is 3.00. The molecule has 2 aliphatic rings. The van der Waals surface area contributed by atoms with E-state index in [1.54, 1.807) is 7.11 Å². The van der Waals surface area contributed by atoms with Gasteiger partial charge in [0.15, 0.2) is 0 Å². The number of nitrogens with one attached hydrogen (secondary N) is 1. The van der Waals surface area contributed by atoms with Crippen LogP contribution in [-0.4, -0.2) is 60.9 Å². The predicted octanol–water partition coefficient (Wildman–Crippen LogP) is 2.66. The molecule has 7 nitrogen and oxygen atoms in total. The molecule has 2 heterocycles. The monoisotopic (exact) mass is 434 g/mol. The number of halogens is 2. The number of aliphatic hydroxyl groups is 1. The van der Waals surface area contributed by atoms with Crippen molar-refractivity contribution in [3.05, 3.63) is 40.3 Å². The molecule has 160 valence electrons. The molecule has 0 radical (unpaired) electrons. The van der Waals surface area contributed by atoms with Gasteiger partial charge in [-0.05, 0) is 25.0 Å². The highest BCUT2D eigenvalue weighted by Gasteiger charge is 2.51. The van der Waals surface area contributed by atoms with Crippen molar-refractivity contribution < 1.29 is 19.0 Å². The van der Waals surface area contributed by atoms with E-state index in [1.165, 1.54) is 37.3 Å². The number of methoxy groups -OCH3 is 1. The highest BCUT2D eigenvalue weighted by Crippen LogP contribution is 2.52. The molecular weight excluding hydrogens is 411 g/mol. The number of carbonyl (C=O) groups is 1. The van der Waals surface area contributed by atoms with E-state index in [1.807, 2.05) is 0 Å². The first-order chi connectivity index (χ1) is 14.2. The van der Waals surface area contributed by atoms with Gasteiger partial charge in [0.2, 0.25) is 0 Å². The summed E-state index contributed by atoms with van der Waals surface area (Å²) in [7, 11) is 4.63. The smallest absolute Gasteiger partial charge is 0.258 e. The van der Waals surface area contributed by atoms with E-state index >= 15 is 4.39 Å². The number of nitrogens with two attached hydrogens (primary N) is 1. The SMILES string of the molecule is COC1C[C@@]2(CNc3ncc(-c4ccc(N)c(C(=O)N(C)C)c4F)c(Cl)c32)C[C@@H]1O. The molecule has 1 unspecified atom stereocenters. The van der Waals surface area contributed by atoms with Crippen LogP contribution in [0.1, 0.15) is 28.8 Å². The van der Waals surface area contributed by atoms with Gasteiger partial charge >= 0.3 is 0 Å². The maximum absolute atomic E-state index is 15.4. The van der Waals surface area contributed by atoms with Crippen molar-refractivity contribution in [1.82, 2.24) is 9.88 Å². The average molecular weight is 435 g/mol. The van der Waals surface area contributed by atoms with Gasteiger partial charge in [-0.25, -0.2) is 9.37 Å². The summed E-state index contributed by atoms with van der Waals surface area (Å²) in [5.41, 5.74) is 6.56. The molecule has 4 N–H and O–H groups in total. The summed E-state index contributed by atoms with van der Waals surface area (Å²) in [5, 5.41) is 14.0. The Morgan fingerprint density at radius 3 is 2.77 bits per heavy atom. The van der Waals surface area contributed by atoms with Crippen LogP contribution < -0.4 is 11.1 Å². The molecule has 1 amide bonds. The third-order valence-electron chi connectivity index (χ3n) is 6.15. The third-order valence-corrected chi connectivity index (χ3v) is 6.54. The molecule has 1 aliphatic heterocycles. The molecule has 3 atom stereocenters. The molecule has 1 fully saturated rings. The van der Waals surface area contributed by atoms with Crippen LogP contribution in [0, 0.1) is 5.82 Å². The van der Waals surface area contributed by atoms with E-state index in [0.29, 0.717) is 35.8 Å². The number of aliphatic hydroxyl groups excluding tert-OH is 1. The molecule has 1 aromatic carbocycles. The number of aromatic nitrogens is 1. The number of amides is 1. The van der Waals surface area contributed by atoms with E-state index in [9.17, 15) is 9.90 Å². The number of rotatable bonds is 3. The van der Waals surface area contributed by atoms with Crippen molar-refractivity contribution in [2.45, 2.75) is 30.5 Å². The summed E-state index contributed by atoms with van der Waals surface area (Å²) >= 11 is 6.81. The van der Waals surface area contributed by atoms with Crippen molar-refractivity contribution in [1.29, 1.82) is 0 Å². The van der Waals surface area contributed by atoms with Gasteiger partial charge < -0.3 is 25.8 Å². The Labute approximate surface area is 179 Å². The number of carbonyl (C=O) groups excluding carboxylic acids is 1. The quantitative estimate of drug-likeness (QED) is 0.642. The zero-order valence-electron chi connectivity index (χ0n) is 17.0. The van der Waals surface area contributed by atoms with E-state index in [4.69, 9.17) is 22.1 Å². The van der Waals surface area contributed by atoms with Gasteiger partial charge in [-0.15, -0.1) is 0 Å². The summed E-state index contributed by atoms with van der Waals surface area (Å²) in [6.07, 6.45) is 1.59. The van der Waals surface area contributed by atoms with Crippen LogP contribution in [0.4, 0.5) is 15.9 Å². The number of hydrogen-bond donors (Lipinski definition) is 3. The highest BCUT2D eigenvalue weighted by atomic mass is 35.5. The normalized spacial score (nSPS) is 24.7. The lowest BCUT2D eigenvalue weighted by Crippen LogP contribution is -2.26. The van der Waals surface area contributed by atoms with Crippen LogP contribution in [0.25, 0.3) is 11.1 Å². The molecule has 0 saturated heterocycles. The molecular formula is C21H24ClFN4O3. The summed E-state index contributed by atoms with van der Waals surface area (Å²) in [4.78, 5) is 18.2. The Hall–Kier alpha value is -2.42. The van der Waals surface area contributed by atoms with Crippen molar-refractivity contribution in [3.63, 3.8) is 0 Å². The van der Waals surface area contributed by atoms with Gasteiger partial charge in [-0.1, -0.05) is 11.6 Å². The van der Waals surface area contributed by atoms with E-state index in [2.05, 4.69) is 10.3 Å². The standard InChI is InChI=1S/C21H24ClFN4O3/c1-27(2)20(29)15-12(24)5-4-10(18(15)23)11-8-25-19-16(17(11)22)21(9-26-19)6-13(28)14(7-21)30-3/h4-5,8,13-14,28H,6-7,9,24H2,1-3H3,(H,25,26)/t13-,14?,21+/m0/s1. The Balaban J connectivity index is 1.86. The molecule has 1 aliphatic carbocycles. The molecule has 1 aromatic heterocycles. The number of nitrogen functional groups attached to an aromatic ring is 1. The largest absolute Gasteiger partial charge is 0.398 e. The third kappa shape index (κ3) is 3.02. The molecule has 1 saturated carbocycles. The average Bonchev–Trinajstić information content (AvgIpc) is 3.22. The lowest BCUT2D eigenvalue weighted by Gasteiger charge is -2.25. The van der Waals surface area contributed by atoms with E-state index in [-0.39, 0.29) is 22.9 Å². The van der Waals surface area contributed by atoms with Crippen molar-refractivity contribution in [3.8, 4) is 11.1 Å². The predicted molar refractivity (Wildman–Crippen MR) is 113 cm³/mol. The maximum Gasteiger partial charge on any atom is 0.258 e. The van der Waals surface area contributed by atoms with Gasteiger partial charge in [-0.3, -0.25) is 4.79 Å². The summed E-state index contributed by atoms with van der Waals surface area (Å²) in [5.74, 6) is -0.649. The Kier molecular flexibility index (Phi) is 5.12. The Morgan fingerprint density at radius 2 is 2.13 bits per heavy atom. The number of ether oxygens (including phenoxy) is 1. The van der Waals surface area contributed by atoms with Gasteiger partial charge in [0.1, 0.15) is 11.6 Å². The fourth-order valence-corrected chi connectivity index (χ4v) is 5.04. The van der Waals surface area contributed by atoms with Gasteiger partial charge in [-0.2, -0.15) is 0 Å². The van der Waals surface area contributed by atoms with Gasteiger partial charge in [0.25, 0.3) is 5.91 Å². The van der Waals surface area contributed by atoms with E-state index < -0.39 is 23.2 Å². The topological polar surface area (TPSA) is 101 Å². The second-order valence-electron chi connectivity index (χ2n) is 8.18. The van der Waals surface area contributed by atoms with Crippen molar-refractivity contribution >= 4 is 29.0 Å². The first-order valence-electron chi connectivity index (χ1n) is 9.64. The van der Waals surface area contributed by atoms with Crippen molar-refractivity contribution in [2.75, 3.05) is 38.8 Å². The molecule has 1 spiro atoms. The fraction of sp³-hybridized carbons (Fsp3) is 0.429. The minimum Gasteiger partial charge on any atom is -0.398 e. The molecule has 30 heavy (non-hydrogen) atoms. The first-order valence-corrected chi connectivity index (χ1v) is 10.0. The number of anilines is 2. The second-order valence-corrected chi connectivity index (χ2v) is 8.56. The minimum absolute atomic E-state index is 0.0557. The lowest BCUT2D eigenvalue weighted by molar-refractivity contribution is 0.00973. The zero-order valence-corrected chi connectivity index (χ0v) is 17.8.